The molecule has 8 nitrogen and oxygen atoms in total. The molecule has 4 heterocycles. The van der Waals surface area contributed by atoms with Crippen LogP contribution in [-0.4, -0.2) is 47.8 Å². The molecule has 31 heavy (non-hydrogen) atoms. The van der Waals surface area contributed by atoms with Gasteiger partial charge in [0, 0.05) is 30.6 Å². The lowest BCUT2D eigenvalue weighted by atomic mass is 10.0. The molecule has 8 heteroatoms. The van der Waals surface area contributed by atoms with Crippen LogP contribution in [-0.2, 0) is 4.74 Å². The normalized spacial score (nSPS) is 19.0. The summed E-state index contributed by atoms with van der Waals surface area (Å²) in [4.78, 5) is 18.1. The van der Waals surface area contributed by atoms with E-state index in [1.165, 1.54) is 11.9 Å². The molecule has 2 aromatic heterocycles. The predicted molar refractivity (Wildman–Crippen MR) is 120 cm³/mol. The highest BCUT2D eigenvalue weighted by Crippen LogP contribution is 2.41. The number of pyridine rings is 1. The van der Waals surface area contributed by atoms with Gasteiger partial charge < -0.3 is 20.3 Å². The van der Waals surface area contributed by atoms with Gasteiger partial charge in [-0.3, -0.25) is 0 Å². The molecule has 2 saturated heterocycles. The van der Waals surface area contributed by atoms with Gasteiger partial charge in [-0.05, 0) is 31.4 Å². The lowest BCUT2D eigenvalue weighted by Crippen LogP contribution is -2.38. The van der Waals surface area contributed by atoms with Crippen molar-refractivity contribution in [1.29, 1.82) is 5.26 Å². The number of aryl methyl sites for hydroxylation is 1. The zero-order chi connectivity index (χ0) is 21.4. The Balaban J connectivity index is 1.66. The summed E-state index contributed by atoms with van der Waals surface area (Å²) >= 11 is 0. The zero-order valence-electron chi connectivity index (χ0n) is 17.6. The largest absolute Gasteiger partial charge is 0.382 e. The second-order valence-corrected chi connectivity index (χ2v) is 8.07. The summed E-state index contributed by atoms with van der Waals surface area (Å²) in [6.07, 6.45) is 3.41. The molecule has 2 N–H and O–H groups in total. The van der Waals surface area contributed by atoms with Crippen molar-refractivity contribution in [1.82, 2.24) is 15.0 Å². The van der Waals surface area contributed by atoms with E-state index in [0.29, 0.717) is 24.6 Å². The van der Waals surface area contributed by atoms with Crippen LogP contribution in [0.5, 0.6) is 0 Å². The van der Waals surface area contributed by atoms with E-state index in [1.807, 2.05) is 0 Å². The van der Waals surface area contributed by atoms with Gasteiger partial charge in [0.05, 0.1) is 24.8 Å². The number of nitrogens with zero attached hydrogens (tertiary/aromatic N) is 6. The second kappa shape index (κ2) is 8.00. The highest BCUT2D eigenvalue weighted by molar-refractivity contribution is 5.85. The molecule has 0 radical (unpaired) electrons. The van der Waals surface area contributed by atoms with Gasteiger partial charge in [-0.2, -0.15) is 5.26 Å². The molecule has 3 aromatic rings. The van der Waals surface area contributed by atoms with Gasteiger partial charge in [-0.1, -0.05) is 18.2 Å². The van der Waals surface area contributed by atoms with Crippen molar-refractivity contribution in [2.45, 2.75) is 25.8 Å². The van der Waals surface area contributed by atoms with Crippen molar-refractivity contribution in [3.8, 4) is 6.07 Å². The lowest BCUT2D eigenvalue weighted by molar-refractivity contribution is 0.122. The first kappa shape index (κ1) is 19.5. The van der Waals surface area contributed by atoms with Crippen LogP contribution in [0.2, 0.25) is 0 Å². The van der Waals surface area contributed by atoms with Crippen molar-refractivity contribution < 1.29 is 4.74 Å². The third-order valence-electron chi connectivity index (χ3n) is 6.22. The van der Waals surface area contributed by atoms with E-state index in [0.717, 1.165) is 54.8 Å². The number of benzene rings is 1. The summed E-state index contributed by atoms with van der Waals surface area (Å²) in [5.74, 6) is 1.83. The smallest absolute Gasteiger partial charge is 0.152 e. The molecule has 1 atom stereocenters. The average Bonchev–Trinajstić information content (AvgIpc) is 3.28. The first-order valence-corrected chi connectivity index (χ1v) is 10.7. The number of fused-ring (bicyclic) bond motifs is 1. The van der Waals surface area contributed by atoms with E-state index < -0.39 is 0 Å². The molecule has 0 unspecified atom stereocenters. The van der Waals surface area contributed by atoms with E-state index in [9.17, 15) is 5.26 Å². The van der Waals surface area contributed by atoms with Gasteiger partial charge >= 0.3 is 0 Å². The fourth-order valence-electron chi connectivity index (χ4n) is 4.69. The number of nitriles is 1. The summed E-state index contributed by atoms with van der Waals surface area (Å²) in [5, 5.41) is 10.8. The van der Waals surface area contributed by atoms with Crippen LogP contribution in [0.15, 0.2) is 30.6 Å². The minimum atomic E-state index is 0.0663. The van der Waals surface area contributed by atoms with Gasteiger partial charge in [-0.15, -0.1) is 0 Å². The molecule has 2 aliphatic heterocycles. The summed E-state index contributed by atoms with van der Waals surface area (Å²) in [6.45, 7) is 5.93. The summed E-state index contributed by atoms with van der Waals surface area (Å²) in [5.41, 5.74) is 9.68. The predicted octanol–water partition coefficient (Wildman–Crippen LogP) is 2.97. The van der Waals surface area contributed by atoms with Gasteiger partial charge in [0.15, 0.2) is 5.82 Å². The van der Waals surface area contributed by atoms with Crippen LogP contribution in [0.25, 0.3) is 10.9 Å². The molecule has 0 spiro atoms. The van der Waals surface area contributed by atoms with Crippen LogP contribution in [0, 0.1) is 18.3 Å². The van der Waals surface area contributed by atoms with Crippen LogP contribution in [0.1, 0.15) is 35.6 Å². The minimum absolute atomic E-state index is 0.0663. The number of nitrogen functional groups attached to an aromatic ring is 1. The SMILES string of the molecule is Cc1cccc2cc([C@H]3CCCN3c3ncnc(N)c3C#N)c(N3CCOCC3)nc12. The standard InChI is InChI=1S/C23H25N7O/c1-15-4-2-5-16-12-17(23(28-20(15)16)29-8-10-31-11-9-29)19-6-3-7-30(19)22-18(13-24)21(25)26-14-27-22/h2,4-5,12,14,19H,3,6-11H2,1H3,(H2,25,26,27)/t19-/m1/s1. The monoisotopic (exact) mass is 415 g/mol. The van der Waals surface area contributed by atoms with Crippen molar-refractivity contribution in [2.24, 2.45) is 0 Å². The molecular formula is C23H25N7O. The molecule has 0 amide bonds. The molecule has 0 aliphatic carbocycles. The quantitative estimate of drug-likeness (QED) is 0.696. The number of nitrogens with two attached hydrogens (primary N) is 1. The summed E-state index contributed by atoms with van der Waals surface area (Å²) in [7, 11) is 0. The van der Waals surface area contributed by atoms with E-state index in [2.05, 4.69) is 57.0 Å². The number of hydrogen-bond acceptors (Lipinski definition) is 8. The number of ether oxygens (including phenoxy) is 1. The number of morpholine rings is 1. The van der Waals surface area contributed by atoms with Crippen LogP contribution in [0.4, 0.5) is 17.5 Å². The van der Waals surface area contributed by atoms with Gasteiger partial charge in [0.2, 0.25) is 0 Å². The Labute approximate surface area is 181 Å². The van der Waals surface area contributed by atoms with Gasteiger partial charge in [0.25, 0.3) is 0 Å². The fourth-order valence-corrected chi connectivity index (χ4v) is 4.69. The highest BCUT2D eigenvalue weighted by atomic mass is 16.5. The number of rotatable bonds is 3. The maximum Gasteiger partial charge on any atom is 0.152 e. The molecule has 1 aromatic carbocycles. The maximum atomic E-state index is 9.68. The highest BCUT2D eigenvalue weighted by Gasteiger charge is 2.33. The third kappa shape index (κ3) is 3.41. The first-order chi connectivity index (χ1) is 15.2. The number of anilines is 3. The summed E-state index contributed by atoms with van der Waals surface area (Å²) in [6, 6.07) is 10.8. The number of hydrogen-bond donors (Lipinski definition) is 1. The Morgan fingerprint density at radius 1 is 1.16 bits per heavy atom. The minimum Gasteiger partial charge on any atom is -0.382 e. The van der Waals surface area contributed by atoms with Gasteiger partial charge in [0.1, 0.15) is 29.6 Å². The third-order valence-corrected chi connectivity index (χ3v) is 6.22. The second-order valence-electron chi connectivity index (χ2n) is 8.07. The Kier molecular flexibility index (Phi) is 5.04. The van der Waals surface area contributed by atoms with Crippen LogP contribution in [0.3, 0.4) is 0 Å². The first-order valence-electron chi connectivity index (χ1n) is 10.7. The zero-order valence-corrected chi connectivity index (χ0v) is 17.6. The van der Waals surface area contributed by atoms with E-state index in [1.54, 1.807) is 0 Å². The molecule has 2 aliphatic rings. The van der Waals surface area contributed by atoms with E-state index in [4.69, 9.17) is 15.5 Å². The Morgan fingerprint density at radius 2 is 2.00 bits per heavy atom. The molecule has 5 rings (SSSR count). The maximum absolute atomic E-state index is 9.68. The van der Waals surface area contributed by atoms with Gasteiger partial charge in [-0.25, -0.2) is 15.0 Å². The summed E-state index contributed by atoms with van der Waals surface area (Å²) < 4.78 is 5.58. The molecule has 0 saturated carbocycles. The lowest BCUT2D eigenvalue weighted by Gasteiger charge is -2.34. The molecule has 0 bridgehead atoms. The van der Waals surface area contributed by atoms with E-state index in [-0.39, 0.29) is 11.9 Å². The molecule has 158 valence electrons. The van der Waals surface area contributed by atoms with E-state index >= 15 is 0 Å². The Bertz CT molecular complexity index is 1170. The van der Waals surface area contributed by atoms with Crippen molar-refractivity contribution in [2.75, 3.05) is 48.4 Å². The molecular weight excluding hydrogens is 390 g/mol. The average molecular weight is 416 g/mol. The number of aromatic nitrogens is 3. The van der Waals surface area contributed by atoms with Crippen LogP contribution >= 0.6 is 0 Å². The topological polar surface area (TPSA) is 104 Å². The van der Waals surface area contributed by atoms with Crippen molar-refractivity contribution >= 4 is 28.4 Å². The Hall–Kier alpha value is -3.44. The molecule has 2 fully saturated rings. The van der Waals surface area contributed by atoms with Crippen molar-refractivity contribution in [3.63, 3.8) is 0 Å². The Morgan fingerprint density at radius 3 is 2.81 bits per heavy atom. The number of para-hydroxylation sites is 1. The fraction of sp³-hybridized carbons (Fsp3) is 0.391. The van der Waals surface area contributed by atoms with Crippen molar-refractivity contribution in [3.05, 3.63) is 47.3 Å². The van der Waals surface area contributed by atoms with Crippen LogP contribution < -0.4 is 15.5 Å².